The summed E-state index contributed by atoms with van der Waals surface area (Å²) in [6.07, 6.45) is 0.798. The summed E-state index contributed by atoms with van der Waals surface area (Å²) in [4.78, 5) is 2.25. The molecule has 0 saturated carbocycles. The molecule has 0 radical (unpaired) electrons. The van der Waals surface area contributed by atoms with Crippen molar-refractivity contribution in [3.63, 3.8) is 0 Å². The third-order valence-corrected chi connectivity index (χ3v) is 2.96. The Morgan fingerprint density at radius 3 is 3.13 bits per heavy atom. The van der Waals surface area contributed by atoms with Crippen LogP contribution < -0.4 is 9.64 Å². The molecular formula is C11H14BrNO2. The molecule has 1 N–H and O–H groups in total. The van der Waals surface area contributed by atoms with Crippen molar-refractivity contribution in [2.75, 3.05) is 31.2 Å². The summed E-state index contributed by atoms with van der Waals surface area (Å²) in [5.41, 5.74) is 1.11. The van der Waals surface area contributed by atoms with Crippen molar-refractivity contribution in [3.05, 3.63) is 22.7 Å². The van der Waals surface area contributed by atoms with Crippen LogP contribution in [0.2, 0.25) is 0 Å². The molecule has 82 valence electrons. The predicted molar refractivity (Wildman–Crippen MR) is 63.6 cm³/mol. The molecule has 0 unspecified atom stereocenters. The van der Waals surface area contributed by atoms with E-state index in [4.69, 9.17) is 9.84 Å². The summed E-state index contributed by atoms with van der Waals surface area (Å²) in [6, 6.07) is 6.02. The molecule has 4 heteroatoms. The highest BCUT2D eigenvalue weighted by Crippen LogP contribution is 2.33. The number of benzene rings is 1. The second kappa shape index (κ2) is 4.86. The SMILES string of the molecule is OCCCN1CCOc2ccc(Br)cc21. The van der Waals surface area contributed by atoms with Crippen molar-refractivity contribution >= 4 is 21.6 Å². The molecule has 0 spiro atoms. The van der Waals surface area contributed by atoms with Gasteiger partial charge in [0.15, 0.2) is 0 Å². The van der Waals surface area contributed by atoms with Crippen LogP contribution in [0.1, 0.15) is 6.42 Å². The number of fused-ring (bicyclic) bond motifs is 1. The van der Waals surface area contributed by atoms with Gasteiger partial charge in [0.05, 0.1) is 12.2 Å². The van der Waals surface area contributed by atoms with E-state index >= 15 is 0 Å². The first-order valence-corrected chi connectivity index (χ1v) is 5.89. The van der Waals surface area contributed by atoms with Gasteiger partial charge in [-0.05, 0) is 24.6 Å². The van der Waals surface area contributed by atoms with Crippen LogP contribution in [0, 0.1) is 0 Å². The lowest BCUT2D eigenvalue weighted by atomic mass is 10.2. The van der Waals surface area contributed by atoms with Gasteiger partial charge in [0.2, 0.25) is 0 Å². The van der Waals surface area contributed by atoms with Crippen molar-refractivity contribution in [1.82, 2.24) is 0 Å². The Bertz CT molecular complexity index is 343. The highest BCUT2D eigenvalue weighted by molar-refractivity contribution is 9.10. The van der Waals surface area contributed by atoms with Crippen LogP contribution in [0.3, 0.4) is 0 Å². The van der Waals surface area contributed by atoms with Gasteiger partial charge in [-0.15, -0.1) is 0 Å². The molecule has 0 fully saturated rings. The zero-order chi connectivity index (χ0) is 10.7. The van der Waals surface area contributed by atoms with E-state index in [0.717, 1.165) is 42.0 Å². The van der Waals surface area contributed by atoms with Gasteiger partial charge >= 0.3 is 0 Å². The summed E-state index contributed by atoms with van der Waals surface area (Å²) >= 11 is 3.45. The standard InChI is InChI=1S/C11H14BrNO2/c12-9-2-3-11-10(8-9)13(4-1-6-14)5-7-15-11/h2-3,8,14H,1,4-7H2. The molecule has 1 aliphatic heterocycles. The van der Waals surface area contributed by atoms with Crippen LogP contribution in [0.4, 0.5) is 5.69 Å². The van der Waals surface area contributed by atoms with Gasteiger partial charge in [-0.2, -0.15) is 0 Å². The Morgan fingerprint density at radius 2 is 2.33 bits per heavy atom. The molecule has 0 amide bonds. The van der Waals surface area contributed by atoms with E-state index in [-0.39, 0.29) is 6.61 Å². The number of hydrogen-bond donors (Lipinski definition) is 1. The van der Waals surface area contributed by atoms with E-state index in [1.807, 2.05) is 12.1 Å². The van der Waals surface area contributed by atoms with Gasteiger partial charge in [0.1, 0.15) is 12.4 Å². The number of aliphatic hydroxyl groups excluding tert-OH is 1. The molecule has 0 aromatic heterocycles. The van der Waals surface area contributed by atoms with Crippen molar-refractivity contribution in [2.24, 2.45) is 0 Å². The maximum absolute atomic E-state index is 8.83. The normalized spacial score (nSPS) is 14.7. The third kappa shape index (κ3) is 2.44. The molecule has 0 saturated heterocycles. The van der Waals surface area contributed by atoms with Crippen LogP contribution in [0.15, 0.2) is 22.7 Å². The first-order chi connectivity index (χ1) is 7.31. The molecule has 0 atom stereocenters. The Balaban J connectivity index is 2.20. The fourth-order valence-corrected chi connectivity index (χ4v) is 2.09. The lowest BCUT2D eigenvalue weighted by Crippen LogP contribution is -2.33. The fourth-order valence-electron chi connectivity index (χ4n) is 1.74. The second-order valence-electron chi connectivity index (χ2n) is 3.52. The number of aliphatic hydroxyl groups is 1. The molecule has 1 heterocycles. The Hall–Kier alpha value is -0.740. The zero-order valence-corrected chi connectivity index (χ0v) is 10.0. The summed E-state index contributed by atoms with van der Waals surface area (Å²) in [5.74, 6) is 0.933. The lowest BCUT2D eigenvalue weighted by Gasteiger charge is -2.31. The average Bonchev–Trinajstić information content (AvgIpc) is 2.26. The van der Waals surface area contributed by atoms with Gasteiger partial charge in [-0.1, -0.05) is 15.9 Å². The van der Waals surface area contributed by atoms with Gasteiger partial charge in [0.25, 0.3) is 0 Å². The molecule has 1 aromatic carbocycles. The van der Waals surface area contributed by atoms with E-state index in [0.29, 0.717) is 0 Å². The Morgan fingerprint density at radius 1 is 1.47 bits per heavy atom. The van der Waals surface area contributed by atoms with Crippen LogP contribution in [-0.4, -0.2) is 31.4 Å². The second-order valence-corrected chi connectivity index (χ2v) is 4.44. The van der Waals surface area contributed by atoms with Gasteiger partial charge < -0.3 is 14.7 Å². The fraction of sp³-hybridized carbons (Fsp3) is 0.455. The number of nitrogens with zero attached hydrogens (tertiary/aromatic N) is 1. The van der Waals surface area contributed by atoms with Crippen LogP contribution >= 0.6 is 15.9 Å². The van der Waals surface area contributed by atoms with E-state index in [2.05, 4.69) is 26.9 Å². The summed E-state index contributed by atoms with van der Waals surface area (Å²) in [7, 11) is 0. The van der Waals surface area contributed by atoms with Crippen molar-refractivity contribution in [3.8, 4) is 5.75 Å². The smallest absolute Gasteiger partial charge is 0.142 e. The average molecular weight is 272 g/mol. The van der Waals surface area contributed by atoms with E-state index in [1.165, 1.54) is 0 Å². The third-order valence-electron chi connectivity index (χ3n) is 2.47. The minimum absolute atomic E-state index is 0.237. The number of rotatable bonds is 3. The van der Waals surface area contributed by atoms with E-state index < -0.39 is 0 Å². The first kappa shape index (κ1) is 10.8. The van der Waals surface area contributed by atoms with Crippen LogP contribution in [-0.2, 0) is 0 Å². The molecule has 1 aromatic rings. The molecular weight excluding hydrogens is 258 g/mol. The van der Waals surface area contributed by atoms with Gasteiger partial charge in [-0.25, -0.2) is 0 Å². The molecule has 1 aliphatic rings. The largest absolute Gasteiger partial charge is 0.490 e. The minimum atomic E-state index is 0.237. The summed E-state index contributed by atoms with van der Waals surface area (Å²) in [5, 5.41) is 8.83. The van der Waals surface area contributed by atoms with Gasteiger partial charge in [-0.3, -0.25) is 0 Å². The molecule has 2 rings (SSSR count). The zero-order valence-electron chi connectivity index (χ0n) is 8.45. The van der Waals surface area contributed by atoms with Crippen molar-refractivity contribution in [2.45, 2.75) is 6.42 Å². The number of ether oxygens (including phenoxy) is 1. The lowest BCUT2D eigenvalue weighted by molar-refractivity contribution is 0.279. The maximum Gasteiger partial charge on any atom is 0.142 e. The highest BCUT2D eigenvalue weighted by atomic mass is 79.9. The quantitative estimate of drug-likeness (QED) is 0.913. The molecule has 0 bridgehead atoms. The van der Waals surface area contributed by atoms with Crippen LogP contribution in [0.5, 0.6) is 5.75 Å². The predicted octanol–water partition coefficient (Wildman–Crippen LogP) is 2.03. The summed E-state index contributed by atoms with van der Waals surface area (Å²) in [6.45, 7) is 2.73. The monoisotopic (exact) mass is 271 g/mol. The van der Waals surface area contributed by atoms with Crippen molar-refractivity contribution < 1.29 is 9.84 Å². The maximum atomic E-state index is 8.83. The highest BCUT2D eigenvalue weighted by Gasteiger charge is 2.17. The molecule has 15 heavy (non-hydrogen) atoms. The Labute approximate surface area is 97.8 Å². The van der Waals surface area contributed by atoms with Crippen molar-refractivity contribution in [1.29, 1.82) is 0 Å². The van der Waals surface area contributed by atoms with E-state index in [9.17, 15) is 0 Å². The Kier molecular flexibility index (Phi) is 3.49. The first-order valence-electron chi connectivity index (χ1n) is 5.09. The minimum Gasteiger partial charge on any atom is -0.490 e. The number of halogens is 1. The number of anilines is 1. The molecule has 0 aliphatic carbocycles. The summed E-state index contributed by atoms with van der Waals surface area (Å²) < 4.78 is 6.62. The van der Waals surface area contributed by atoms with Gasteiger partial charge in [0, 0.05) is 17.6 Å². The van der Waals surface area contributed by atoms with E-state index in [1.54, 1.807) is 0 Å². The number of hydrogen-bond acceptors (Lipinski definition) is 3. The topological polar surface area (TPSA) is 32.7 Å². The van der Waals surface area contributed by atoms with Crippen LogP contribution in [0.25, 0.3) is 0 Å². The molecule has 3 nitrogen and oxygen atoms in total.